The quantitative estimate of drug-likeness (QED) is 0.673. The molecule has 14 heavy (non-hydrogen) atoms. The number of aromatic hydroxyl groups is 1. The van der Waals surface area contributed by atoms with Crippen LogP contribution in [0.5, 0.6) is 5.75 Å². The van der Waals surface area contributed by atoms with Gasteiger partial charge in [-0.1, -0.05) is 12.2 Å². The van der Waals surface area contributed by atoms with Crippen LogP contribution < -0.4 is 0 Å². The lowest BCUT2D eigenvalue weighted by atomic mass is 10.1. The Hall–Kier alpha value is -1.81. The third kappa shape index (κ3) is 2.34. The SMILES string of the molecule is O=C(O)c1ccc(O)c(C=CCO)c1. The van der Waals surface area contributed by atoms with Crippen LogP contribution in [0.1, 0.15) is 15.9 Å². The minimum Gasteiger partial charge on any atom is -0.507 e. The molecule has 0 aliphatic rings. The summed E-state index contributed by atoms with van der Waals surface area (Å²) in [5, 5.41) is 26.5. The maximum Gasteiger partial charge on any atom is 0.335 e. The molecule has 0 heterocycles. The highest BCUT2D eigenvalue weighted by Crippen LogP contribution is 2.19. The Labute approximate surface area is 80.7 Å². The molecule has 1 aromatic carbocycles. The summed E-state index contributed by atoms with van der Waals surface area (Å²) in [5.41, 5.74) is 0.472. The topological polar surface area (TPSA) is 77.8 Å². The number of carbonyl (C=O) groups is 1. The zero-order valence-electron chi connectivity index (χ0n) is 7.34. The second-order valence-electron chi connectivity index (χ2n) is 2.66. The number of aliphatic hydroxyl groups is 1. The monoisotopic (exact) mass is 194 g/mol. The van der Waals surface area contributed by atoms with Gasteiger partial charge in [0.1, 0.15) is 5.75 Å². The van der Waals surface area contributed by atoms with Crippen LogP contribution in [0, 0.1) is 0 Å². The minimum absolute atomic E-state index is 0.0142. The maximum atomic E-state index is 10.6. The molecule has 0 spiro atoms. The Kier molecular flexibility index (Phi) is 3.25. The molecule has 0 atom stereocenters. The van der Waals surface area contributed by atoms with Gasteiger partial charge in [0.2, 0.25) is 0 Å². The number of carboxylic acid groups (broad SMARTS) is 1. The molecule has 1 aromatic rings. The van der Waals surface area contributed by atoms with Crippen LogP contribution in [-0.2, 0) is 0 Å². The van der Waals surface area contributed by atoms with E-state index < -0.39 is 5.97 Å². The first-order valence-electron chi connectivity index (χ1n) is 3.99. The van der Waals surface area contributed by atoms with Crippen molar-refractivity contribution in [3.05, 3.63) is 35.4 Å². The fourth-order valence-electron chi connectivity index (χ4n) is 1.00. The van der Waals surface area contributed by atoms with Crippen molar-refractivity contribution < 1.29 is 20.1 Å². The van der Waals surface area contributed by atoms with E-state index in [0.717, 1.165) is 0 Å². The van der Waals surface area contributed by atoms with Crippen molar-refractivity contribution in [2.45, 2.75) is 0 Å². The van der Waals surface area contributed by atoms with Gasteiger partial charge >= 0.3 is 5.97 Å². The van der Waals surface area contributed by atoms with E-state index >= 15 is 0 Å². The predicted molar refractivity (Wildman–Crippen MR) is 51.2 cm³/mol. The van der Waals surface area contributed by atoms with Crippen molar-refractivity contribution >= 4 is 12.0 Å². The first-order valence-corrected chi connectivity index (χ1v) is 3.99. The van der Waals surface area contributed by atoms with Gasteiger partial charge < -0.3 is 15.3 Å². The molecular formula is C10H10O4. The molecule has 4 nitrogen and oxygen atoms in total. The molecule has 74 valence electrons. The van der Waals surface area contributed by atoms with Gasteiger partial charge in [0.05, 0.1) is 12.2 Å². The first-order chi connectivity index (χ1) is 6.65. The molecule has 3 N–H and O–H groups in total. The van der Waals surface area contributed by atoms with Crippen LogP contribution in [0.25, 0.3) is 6.08 Å². The van der Waals surface area contributed by atoms with Gasteiger partial charge in [-0.15, -0.1) is 0 Å². The fraction of sp³-hybridized carbons (Fsp3) is 0.100. The highest BCUT2D eigenvalue weighted by Gasteiger charge is 2.05. The smallest absolute Gasteiger partial charge is 0.335 e. The number of aromatic carboxylic acids is 1. The lowest BCUT2D eigenvalue weighted by Gasteiger charge is -2.00. The number of rotatable bonds is 3. The van der Waals surface area contributed by atoms with Crippen molar-refractivity contribution in [1.29, 1.82) is 0 Å². The van der Waals surface area contributed by atoms with Crippen LogP contribution in [0.4, 0.5) is 0 Å². The number of hydrogen-bond donors (Lipinski definition) is 3. The van der Waals surface area contributed by atoms with E-state index in [1.165, 1.54) is 30.4 Å². The number of phenols is 1. The molecule has 1 rings (SSSR count). The summed E-state index contributed by atoms with van der Waals surface area (Å²) in [6.07, 6.45) is 2.88. The van der Waals surface area contributed by atoms with E-state index in [1.54, 1.807) is 0 Å². The third-order valence-electron chi connectivity index (χ3n) is 1.68. The van der Waals surface area contributed by atoms with Crippen molar-refractivity contribution in [2.24, 2.45) is 0 Å². The normalized spacial score (nSPS) is 10.6. The largest absolute Gasteiger partial charge is 0.507 e. The number of phenolic OH excluding ortho intramolecular Hbond substituents is 1. The molecular weight excluding hydrogens is 184 g/mol. The molecule has 0 saturated heterocycles. The average molecular weight is 194 g/mol. The predicted octanol–water partition coefficient (Wildman–Crippen LogP) is 1.10. The summed E-state index contributed by atoms with van der Waals surface area (Å²) in [5.74, 6) is -1.07. The van der Waals surface area contributed by atoms with Gasteiger partial charge in [0.15, 0.2) is 0 Å². The Bertz CT molecular complexity index is 368. The molecule has 0 amide bonds. The van der Waals surface area contributed by atoms with E-state index in [-0.39, 0.29) is 17.9 Å². The Morgan fingerprint density at radius 3 is 2.71 bits per heavy atom. The zero-order valence-corrected chi connectivity index (χ0v) is 7.34. The summed E-state index contributed by atoms with van der Waals surface area (Å²) in [6, 6.07) is 3.96. The van der Waals surface area contributed by atoms with E-state index in [9.17, 15) is 9.90 Å². The number of carboxylic acids is 1. The van der Waals surface area contributed by atoms with Crippen LogP contribution in [-0.4, -0.2) is 27.9 Å². The molecule has 0 bridgehead atoms. The minimum atomic E-state index is -1.05. The van der Waals surface area contributed by atoms with Crippen LogP contribution in [0.15, 0.2) is 24.3 Å². The van der Waals surface area contributed by atoms with E-state index in [0.29, 0.717) is 5.56 Å². The second-order valence-corrected chi connectivity index (χ2v) is 2.66. The molecule has 0 fully saturated rings. The van der Waals surface area contributed by atoms with Crippen molar-refractivity contribution in [3.8, 4) is 5.75 Å². The zero-order chi connectivity index (χ0) is 10.6. The molecule has 0 unspecified atom stereocenters. The number of benzene rings is 1. The second kappa shape index (κ2) is 4.43. The molecule has 0 saturated carbocycles. The summed E-state index contributed by atoms with van der Waals surface area (Å²) in [7, 11) is 0. The molecule has 4 heteroatoms. The van der Waals surface area contributed by atoms with Crippen LogP contribution in [0.2, 0.25) is 0 Å². The number of aliphatic hydroxyl groups excluding tert-OH is 1. The summed E-state index contributed by atoms with van der Waals surface area (Å²) in [4.78, 5) is 10.6. The highest BCUT2D eigenvalue weighted by molar-refractivity contribution is 5.88. The molecule has 0 aliphatic carbocycles. The van der Waals surface area contributed by atoms with Crippen molar-refractivity contribution in [3.63, 3.8) is 0 Å². The van der Waals surface area contributed by atoms with Gasteiger partial charge in [-0.05, 0) is 18.2 Å². The Morgan fingerprint density at radius 1 is 1.43 bits per heavy atom. The lowest BCUT2D eigenvalue weighted by Crippen LogP contribution is -1.95. The average Bonchev–Trinajstić information content (AvgIpc) is 2.16. The Balaban J connectivity index is 3.08. The third-order valence-corrected chi connectivity index (χ3v) is 1.68. The van der Waals surface area contributed by atoms with Gasteiger partial charge in [-0.25, -0.2) is 4.79 Å². The van der Waals surface area contributed by atoms with E-state index in [1.807, 2.05) is 0 Å². The fourth-order valence-corrected chi connectivity index (χ4v) is 1.00. The summed E-state index contributed by atoms with van der Waals surface area (Å²) >= 11 is 0. The molecule has 0 aromatic heterocycles. The Morgan fingerprint density at radius 2 is 2.14 bits per heavy atom. The lowest BCUT2D eigenvalue weighted by molar-refractivity contribution is 0.0697. The van der Waals surface area contributed by atoms with Gasteiger partial charge in [0.25, 0.3) is 0 Å². The van der Waals surface area contributed by atoms with Crippen LogP contribution in [0.3, 0.4) is 0 Å². The maximum absolute atomic E-state index is 10.6. The first kappa shape index (κ1) is 10.3. The molecule has 0 radical (unpaired) electrons. The highest BCUT2D eigenvalue weighted by atomic mass is 16.4. The summed E-state index contributed by atoms with van der Waals surface area (Å²) in [6.45, 7) is -0.156. The number of hydrogen-bond acceptors (Lipinski definition) is 3. The van der Waals surface area contributed by atoms with Gasteiger partial charge in [-0.3, -0.25) is 0 Å². The van der Waals surface area contributed by atoms with Crippen molar-refractivity contribution in [1.82, 2.24) is 0 Å². The van der Waals surface area contributed by atoms with Crippen LogP contribution >= 0.6 is 0 Å². The van der Waals surface area contributed by atoms with Gasteiger partial charge in [-0.2, -0.15) is 0 Å². The van der Waals surface area contributed by atoms with E-state index in [4.69, 9.17) is 10.2 Å². The van der Waals surface area contributed by atoms with Gasteiger partial charge in [0, 0.05) is 5.56 Å². The van der Waals surface area contributed by atoms with E-state index in [2.05, 4.69) is 0 Å². The standard InChI is InChI=1S/C10H10O4/c11-5-1-2-7-6-8(10(13)14)3-4-9(7)12/h1-4,6,11-12H,5H2,(H,13,14). The summed E-state index contributed by atoms with van der Waals surface area (Å²) < 4.78 is 0. The van der Waals surface area contributed by atoms with Crippen molar-refractivity contribution in [2.75, 3.05) is 6.61 Å². The molecule has 0 aliphatic heterocycles.